The van der Waals surface area contributed by atoms with Crippen molar-refractivity contribution >= 4 is 28.0 Å². The second kappa shape index (κ2) is 7.22. The second-order valence-corrected chi connectivity index (χ2v) is 3.63. The van der Waals surface area contributed by atoms with Gasteiger partial charge in [0.1, 0.15) is 0 Å². The molecule has 0 aromatic heterocycles. The predicted octanol–water partition coefficient (Wildman–Crippen LogP) is 0.674. The van der Waals surface area contributed by atoms with Crippen molar-refractivity contribution in [3.63, 3.8) is 0 Å². The number of carbonyl (C=O) groups excluding carboxylic acids is 1. The van der Waals surface area contributed by atoms with E-state index in [1.54, 1.807) is 10.4 Å². The first-order valence-corrected chi connectivity index (χ1v) is 4.97. The summed E-state index contributed by atoms with van der Waals surface area (Å²) < 4.78 is 1.09. The van der Waals surface area contributed by atoms with Crippen LogP contribution in [0.3, 0.4) is 0 Å². The van der Waals surface area contributed by atoms with Gasteiger partial charge in [-0.15, -0.1) is 0 Å². The Labute approximate surface area is 97.5 Å². The van der Waals surface area contributed by atoms with Gasteiger partial charge in [0.2, 0.25) is 6.41 Å². The lowest BCUT2D eigenvalue weighted by Crippen LogP contribution is -2.25. The molecule has 0 aliphatic heterocycles. The number of anilines is 1. The summed E-state index contributed by atoms with van der Waals surface area (Å²) >= 11 is 3.43. The minimum Gasteiger partial charge on any atom is -0.314 e. The van der Waals surface area contributed by atoms with Crippen LogP contribution in [0.4, 0.5) is 5.69 Å². The average Bonchev–Trinajstić information content (AvgIpc) is 2.22. The number of halogens is 1. The van der Waals surface area contributed by atoms with Crippen LogP contribution in [0.25, 0.3) is 0 Å². The zero-order valence-corrected chi connectivity index (χ0v) is 10.3. The molecule has 0 saturated carbocycles. The van der Waals surface area contributed by atoms with Gasteiger partial charge in [0.05, 0.1) is 5.69 Å². The molecule has 0 bridgehead atoms. The first-order chi connectivity index (χ1) is 7.04. The highest BCUT2D eigenvalue weighted by Crippen LogP contribution is 2.24. The fourth-order valence-corrected chi connectivity index (χ4v) is 1.33. The van der Waals surface area contributed by atoms with E-state index < -0.39 is 0 Å². The topological polar surface area (TPSA) is 84.4 Å². The summed E-state index contributed by atoms with van der Waals surface area (Å²) in [6.07, 6.45) is 0.403. The van der Waals surface area contributed by atoms with Crippen LogP contribution in [0.2, 0.25) is 0 Å². The molecule has 0 unspecified atom stereocenters. The molecule has 0 spiro atoms. The van der Waals surface area contributed by atoms with Crippen LogP contribution in [0.1, 0.15) is 5.56 Å². The summed E-state index contributed by atoms with van der Waals surface area (Å²) in [5.74, 6) is 10.0. The molecule has 0 radical (unpaired) electrons. The lowest BCUT2D eigenvalue weighted by Gasteiger charge is -2.15. The quantitative estimate of drug-likeness (QED) is 0.320. The number of nitrogens with two attached hydrogens (primary N) is 2. The first kappa shape index (κ1) is 13.9. The summed E-state index contributed by atoms with van der Waals surface area (Å²) in [7, 11) is 1.83. The van der Waals surface area contributed by atoms with Crippen molar-refractivity contribution in [3.05, 3.63) is 28.2 Å². The van der Waals surface area contributed by atoms with E-state index in [1.807, 2.05) is 32.2 Å². The summed E-state index contributed by atoms with van der Waals surface area (Å²) in [6.45, 7) is 2.03. The van der Waals surface area contributed by atoms with Crippen LogP contribution in [0.5, 0.6) is 0 Å². The minimum absolute atomic E-state index is 0.403. The van der Waals surface area contributed by atoms with E-state index in [-0.39, 0.29) is 0 Å². The molecule has 1 amide bonds. The molecular weight excluding hydrogens is 260 g/mol. The fourth-order valence-electron chi connectivity index (χ4n) is 0.978. The largest absolute Gasteiger partial charge is 0.314 e. The first-order valence-electron chi connectivity index (χ1n) is 4.18. The number of hydrazine groups is 2. The van der Waals surface area contributed by atoms with Gasteiger partial charge in [-0.05, 0) is 24.6 Å². The maximum atomic E-state index is 8.94. The maximum Gasteiger partial charge on any atom is 0.221 e. The fraction of sp³-hybridized carbons (Fsp3) is 0.222. The summed E-state index contributed by atoms with van der Waals surface area (Å²) in [5, 5.41) is 1.61. The molecule has 0 atom stereocenters. The maximum absolute atomic E-state index is 8.94. The SMILES string of the molecule is Cc1c(Br)cccc1N(C)N.NNC=O. The third-order valence-corrected chi connectivity index (χ3v) is 2.55. The molecule has 0 aliphatic carbocycles. The molecule has 0 fully saturated rings. The molecule has 15 heavy (non-hydrogen) atoms. The standard InChI is InChI=1S/C8H11BrN2.CH4N2O/c1-6-7(9)4-3-5-8(6)11(2)10;2-3-1-4/h3-5H,10H2,1-2H3;1H,2H2,(H,3,4). The summed E-state index contributed by atoms with van der Waals surface area (Å²) in [6, 6.07) is 5.96. The highest BCUT2D eigenvalue weighted by molar-refractivity contribution is 9.10. The highest BCUT2D eigenvalue weighted by atomic mass is 79.9. The lowest BCUT2D eigenvalue weighted by molar-refractivity contribution is -0.109. The van der Waals surface area contributed by atoms with Gasteiger partial charge in [0.15, 0.2) is 0 Å². The van der Waals surface area contributed by atoms with E-state index in [4.69, 9.17) is 10.6 Å². The lowest BCUT2D eigenvalue weighted by atomic mass is 10.2. The van der Waals surface area contributed by atoms with Gasteiger partial charge in [0, 0.05) is 11.5 Å². The van der Waals surface area contributed by atoms with Gasteiger partial charge < -0.3 is 5.01 Å². The molecule has 0 aliphatic rings. The molecular formula is C9H15BrN4O. The number of benzene rings is 1. The zero-order chi connectivity index (χ0) is 11.8. The van der Waals surface area contributed by atoms with E-state index in [1.165, 1.54) is 0 Å². The van der Waals surface area contributed by atoms with E-state index in [0.717, 1.165) is 15.7 Å². The Hall–Kier alpha value is -1.11. The van der Waals surface area contributed by atoms with Crippen LogP contribution in [0.15, 0.2) is 22.7 Å². The van der Waals surface area contributed by atoms with Crippen molar-refractivity contribution in [1.29, 1.82) is 0 Å². The number of nitrogens with zero attached hydrogens (tertiary/aromatic N) is 1. The molecule has 5 N–H and O–H groups in total. The van der Waals surface area contributed by atoms with Gasteiger partial charge in [-0.1, -0.05) is 22.0 Å². The Morgan fingerprint density at radius 1 is 1.53 bits per heavy atom. The Kier molecular flexibility index (Phi) is 6.68. The number of amides is 1. The minimum atomic E-state index is 0.403. The molecule has 84 valence electrons. The van der Waals surface area contributed by atoms with Gasteiger partial charge in [-0.3, -0.25) is 10.2 Å². The highest BCUT2D eigenvalue weighted by Gasteiger charge is 2.01. The van der Waals surface area contributed by atoms with Crippen molar-refractivity contribution in [2.24, 2.45) is 11.7 Å². The van der Waals surface area contributed by atoms with Crippen LogP contribution in [-0.4, -0.2) is 13.5 Å². The predicted molar refractivity (Wildman–Crippen MR) is 64.9 cm³/mol. The van der Waals surface area contributed by atoms with Crippen LogP contribution < -0.4 is 22.1 Å². The molecule has 1 rings (SSSR count). The van der Waals surface area contributed by atoms with Gasteiger partial charge in [-0.25, -0.2) is 11.7 Å². The summed E-state index contributed by atoms with van der Waals surface area (Å²) in [5.41, 5.74) is 3.96. The van der Waals surface area contributed by atoms with E-state index in [9.17, 15) is 0 Å². The third-order valence-electron chi connectivity index (χ3n) is 1.69. The smallest absolute Gasteiger partial charge is 0.221 e. The summed E-state index contributed by atoms with van der Waals surface area (Å²) in [4.78, 5) is 8.94. The van der Waals surface area contributed by atoms with Gasteiger partial charge >= 0.3 is 0 Å². The second-order valence-electron chi connectivity index (χ2n) is 2.78. The average molecular weight is 275 g/mol. The molecule has 0 saturated heterocycles. The van der Waals surface area contributed by atoms with Crippen molar-refractivity contribution < 1.29 is 4.79 Å². The van der Waals surface area contributed by atoms with Crippen LogP contribution >= 0.6 is 15.9 Å². The Balaban J connectivity index is 0.000000423. The van der Waals surface area contributed by atoms with Crippen LogP contribution in [-0.2, 0) is 4.79 Å². The molecule has 1 aromatic carbocycles. The number of hydrogen-bond donors (Lipinski definition) is 3. The van der Waals surface area contributed by atoms with Crippen molar-refractivity contribution in [1.82, 2.24) is 5.43 Å². The van der Waals surface area contributed by atoms with E-state index in [2.05, 4.69) is 21.8 Å². The Morgan fingerprint density at radius 3 is 2.40 bits per heavy atom. The van der Waals surface area contributed by atoms with Crippen molar-refractivity contribution in [2.45, 2.75) is 6.92 Å². The molecule has 5 nitrogen and oxygen atoms in total. The van der Waals surface area contributed by atoms with Crippen molar-refractivity contribution in [3.8, 4) is 0 Å². The zero-order valence-electron chi connectivity index (χ0n) is 8.70. The third kappa shape index (κ3) is 4.78. The molecule has 1 aromatic rings. The Bertz CT molecular complexity index is 317. The number of rotatable bonds is 2. The normalized spacial score (nSPS) is 8.60. The Morgan fingerprint density at radius 2 is 2.07 bits per heavy atom. The van der Waals surface area contributed by atoms with E-state index in [0.29, 0.717) is 6.41 Å². The van der Waals surface area contributed by atoms with Crippen molar-refractivity contribution in [2.75, 3.05) is 12.1 Å². The molecule has 0 heterocycles. The monoisotopic (exact) mass is 274 g/mol. The van der Waals surface area contributed by atoms with E-state index >= 15 is 0 Å². The number of carbonyl (C=O) groups is 1. The van der Waals surface area contributed by atoms with Crippen LogP contribution in [0, 0.1) is 6.92 Å². The number of hydrogen-bond acceptors (Lipinski definition) is 4. The van der Waals surface area contributed by atoms with Gasteiger partial charge in [-0.2, -0.15) is 0 Å². The molecule has 6 heteroatoms. The number of nitrogens with one attached hydrogen (secondary N) is 1. The van der Waals surface area contributed by atoms with Gasteiger partial charge in [0.25, 0.3) is 0 Å².